The number of nitrogens with two attached hydrogens (primary N) is 1. The number of rotatable bonds is 9. The minimum Gasteiger partial charge on any atom is -0.381 e. The van der Waals surface area contributed by atoms with Crippen LogP contribution < -0.4 is 5.73 Å². The third-order valence-corrected chi connectivity index (χ3v) is 6.03. The van der Waals surface area contributed by atoms with Crippen LogP contribution in [0.3, 0.4) is 0 Å². The van der Waals surface area contributed by atoms with Crippen molar-refractivity contribution in [3.8, 4) is 0 Å². The standard InChI is InChI=1S/C23H33N3O2S/c1-2-13-28-14-10-20-16-26(12-11-25(20)15-19(24)17-29)23(27)22-9-5-7-18-6-3-4-8-21(18)22/h3-9,19-20,29H,2,10-17,24H2,1H3/t19-,20?/m1/s1. The van der Waals surface area contributed by atoms with Crippen LogP contribution >= 0.6 is 12.6 Å². The maximum atomic E-state index is 13.4. The van der Waals surface area contributed by atoms with Crippen LogP contribution in [0.1, 0.15) is 30.1 Å². The Bertz CT molecular complexity index is 795. The Labute approximate surface area is 179 Å². The van der Waals surface area contributed by atoms with Crippen LogP contribution in [0.25, 0.3) is 10.8 Å². The second kappa shape index (κ2) is 11.0. The molecule has 0 radical (unpaired) electrons. The van der Waals surface area contributed by atoms with Crippen molar-refractivity contribution in [1.29, 1.82) is 0 Å². The van der Waals surface area contributed by atoms with Gasteiger partial charge in [-0.1, -0.05) is 43.3 Å². The molecule has 1 saturated heterocycles. The van der Waals surface area contributed by atoms with Crippen molar-refractivity contribution >= 4 is 29.3 Å². The quantitative estimate of drug-likeness (QED) is 0.488. The van der Waals surface area contributed by atoms with Gasteiger partial charge >= 0.3 is 0 Å². The fourth-order valence-electron chi connectivity index (χ4n) is 4.00. The molecule has 1 amide bonds. The summed E-state index contributed by atoms with van der Waals surface area (Å²) >= 11 is 4.33. The molecule has 1 aliphatic heterocycles. The number of carbonyl (C=O) groups is 1. The molecule has 0 aliphatic carbocycles. The lowest BCUT2D eigenvalue weighted by Crippen LogP contribution is -2.57. The molecule has 1 aliphatic rings. The monoisotopic (exact) mass is 415 g/mol. The van der Waals surface area contributed by atoms with Gasteiger partial charge in [0.1, 0.15) is 0 Å². The number of piperazine rings is 1. The minimum atomic E-state index is 0.0395. The molecule has 6 heteroatoms. The summed E-state index contributed by atoms with van der Waals surface area (Å²) in [5, 5.41) is 2.11. The number of ether oxygens (including phenoxy) is 1. The van der Waals surface area contributed by atoms with Crippen molar-refractivity contribution in [2.24, 2.45) is 5.73 Å². The number of hydrogen-bond donors (Lipinski definition) is 2. The van der Waals surface area contributed by atoms with E-state index in [1.54, 1.807) is 0 Å². The Kier molecular flexibility index (Phi) is 8.36. The predicted octanol–water partition coefficient (Wildman–Crippen LogP) is 3.04. The van der Waals surface area contributed by atoms with Crippen LogP contribution in [0.4, 0.5) is 0 Å². The molecule has 29 heavy (non-hydrogen) atoms. The van der Waals surface area contributed by atoms with Gasteiger partial charge in [0.2, 0.25) is 0 Å². The van der Waals surface area contributed by atoms with Gasteiger partial charge in [-0.3, -0.25) is 9.69 Å². The number of carbonyl (C=O) groups excluding carboxylic acids is 1. The van der Waals surface area contributed by atoms with Gasteiger partial charge in [0.05, 0.1) is 0 Å². The van der Waals surface area contributed by atoms with Gasteiger partial charge in [0.15, 0.2) is 0 Å². The van der Waals surface area contributed by atoms with Gasteiger partial charge in [-0.15, -0.1) is 0 Å². The number of amides is 1. The molecule has 2 aromatic carbocycles. The Morgan fingerprint density at radius 3 is 2.79 bits per heavy atom. The number of thiol groups is 1. The second-order valence-corrected chi connectivity index (χ2v) is 8.14. The highest BCUT2D eigenvalue weighted by molar-refractivity contribution is 7.80. The molecule has 0 aromatic heterocycles. The third-order valence-electron chi connectivity index (χ3n) is 5.56. The molecule has 0 spiro atoms. The maximum Gasteiger partial charge on any atom is 0.254 e. The fourth-order valence-corrected chi connectivity index (χ4v) is 4.11. The van der Waals surface area contributed by atoms with Crippen molar-refractivity contribution in [1.82, 2.24) is 9.80 Å². The van der Waals surface area contributed by atoms with E-state index < -0.39 is 0 Å². The zero-order valence-corrected chi connectivity index (χ0v) is 18.2. The van der Waals surface area contributed by atoms with E-state index in [0.717, 1.165) is 48.9 Å². The van der Waals surface area contributed by atoms with Crippen molar-refractivity contribution in [2.75, 3.05) is 45.1 Å². The number of hydrogen-bond acceptors (Lipinski definition) is 5. The topological polar surface area (TPSA) is 58.8 Å². The maximum absolute atomic E-state index is 13.4. The van der Waals surface area contributed by atoms with Crippen molar-refractivity contribution in [3.05, 3.63) is 48.0 Å². The molecule has 1 unspecified atom stereocenters. The van der Waals surface area contributed by atoms with Gasteiger partial charge < -0.3 is 15.4 Å². The summed E-state index contributed by atoms with van der Waals surface area (Å²) in [4.78, 5) is 17.8. The first-order chi connectivity index (χ1) is 14.1. The van der Waals surface area contributed by atoms with E-state index in [9.17, 15) is 4.79 Å². The molecular weight excluding hydrogens is 382 g/mol. The molecule has 2 N–H and O–H groups in total. The minimum absolute atomic E-state index is 0.0395. The van der Waals surface area contributed by atoms with Crippen LogP contribution in [0.2, 0.25) is 0 Å². The van der Waals surface area contributed by atoms with E-state index in [1.165, 1.54) is 0 Å². The number of nitrogens with zero attached hydrogens (tertiary/aromatic N) is 2. The molecule has 158 valence electrons. The average molecular weight is 416 g/mol. The molecular formula is C23H33N3O2S. The van der Waals surface area contributed by atoms with Crippen molar-refractivity contribution in [2.45, 2.75) is 31.8 Å². The highest BCUT2D eigenvalue weighted by atomic mass is 32.1. The molecule has 0 bridgehead atoms. The highest BCUT2D eigenvalue weighted by Crippen LogP contribution is 2.22. The molecule has 1 heterocycles. The van der Waals surface area contributed by atoms with Crippen LogP contribution in [0, 0.1) is 0 Å². The van der Waals surface area contributed by atoms with E-state index in [2.05, 4.69) is 36.6 Å². The van der Waals surface area contributed by atoms with E-state index in [1.807, 2.05) is 35.2 Å². The molecule has 1 fully saturated rings. The van der Waals surface area contributed by atoms with E-state index >= 15 is 0 Å². The summed E-state index contributed by atoms with van der Waals surface area (Å²) in [6.07, 6.45) is 1.92. The smallest absolute Gasteiger partial charge is 0.254 e. The van der Waals surface area contributed by atoms with Gasteiger partial charge in [0, 0.05) is 62.8 Å². The van der Waals surface area contributed by atoms with E-state index in [4.69, 9.17) is 10.5 Å². The van der Waals surface area contributed by atoms with Gasteiger partial charge in [-0.2, -0.15) is 12.6 Å². The second-order valence-electron chi connectivity index (χ2n) is 7.77. The summed E-state index contributed by atoms with van der Waals surface area (Å²) in [6.45, 7) is 6.66. The Morgan fingerprint density at radius 1 is 1.21 bits per heavy atom. The first-order valence-corrected chi connectivity index (χ1v) is 11.2. The highest BCUT2D eigenvalue weighted by Gasteiger charge is 2.31. The Balaban J connectivity index is 1.73. The average Bonchev–Trinajstić information content (AvgIpc) is 2.76. The van der Waals surface area contributed by atoms with Crippen molar-refractivity contribution < 1.29 is 9.53 Å². The summed E-state index contributed by atoms with van der Waals surface area (Å²) in [6, 6.07) is 14.3. The van der Waals surface area contributed by atoms with Gasteiger partial charge in [0.25, 0.3) is 5.91 Å². The number of fused-ring (bicyclic) bond motifs is 1. The largest absolute Gasteiger partial charge is 0.381 e. The first-order valence-electron chi connectivity index (χ1n) is 10.6. The van der Waals surface area contributed by atoms with Crippen LogP contribution in [-0.4, -0.2) is 72.9 Å². The Morgan fingerprint density at radius 2 is 2.00 bits per heavy atom. The lowest BCUT2D eigenvalue weighted by molar-refractivity contribution is 0.0339. The normalized spacial score (nSPS) is 18.9. The summed E-state index contributed by atoms with van der Waals surface area (Å²) in [5.41, 5.74) is 6.94. The molecule has 2 aromatic rings. The van der Waals surface area contributed by atoms with E-state index in [0.29, 0.717) is 25.4 Å². The summed E-state index contributed by atoms with van der Waals surface area (Å²) in [5.74, 6) is 0.771. The molecule has 3 rings (SSSR count). The first kappa shape index (κ1) is 22.1. The lowest BCUT2D eigenvalue weighted by atomic mass is 10.0. The fraction of sp³-hybridized carbons (Fsp3) is 0.522. The molecule has 0 saturated carbocycles. The summed E-state index contributed by atoms with van der Waals surface area (Å²) in [7, 11) is 0. The SMILES string of the molecule is CCCOCCC1CN(C(=O)c2cccc3ccccc23)CCN1C[C@@H](N)CS. The van der Waals surface area contributed by atoms with Gasteiger partial charge in [-0.25, -0.2) is 0 Å². The van der Waals surface area contributed by atoms with Crippen LogP contribution in [0.5, 0.6) is 0 Å². The van der Waals surface area contributed by atoms with E-state index in [-0.39, 0.29) is 18.0 Å². The third kappa shape index (κ3) is 5.72. The summed E-state index contributed by atoms with van der Waals surface area (Å²) < 4.78 is 5.73. The lowest BCUT2D eigenvalue weighted by Gasteiger charge is -2.42. The zero-order valence-electron chi connectivity index (χ0n) is 17.3. The number of benzene rings is 2. The van der Waals surface area contributed by atoms with Crippen LogP contribution in [-0.2, 0) is 4.74 Å². The zero-order chi connectivity index (χ0) is 20.6. The molecule has 2 atom stereocenters. The Hall–Kier alpha value is -1.60. The van der Waals surface area contributed by atoms with Gasteiger partial charge in [-0.05, 0) is 29.7 Å². The van der Waals surface area contributed by atoms with Crippen molar-refractivity contribution in [3.63, 3.8) is 0 Å². The van der Waals surface area contributed by atoms with Crippen LogP contribution in [0.15, 0.2) is 42.5 Å². The molecule has 5 nitrogen and oxygen atoms in total. The predicted molar refractivity (Wildman–Crippen MR) is 123 cm³/mol.